The highest BCUT2D eigenvalue weighted by molar-refractivity contribution is 6.37. The van der Waals surface area contributed by atoms with Crippen molar-refractivity contribution in [2.45, 2.75) is 0 Å². The van der Waals surface area contributed by atoms with Gasteiger partial charge >= 0.3 is 0 Å². The summed E-state index contributed by atoms with van der Waals surface area (Å²) in [7, 11) is 1.79. The van der Waals surface area contributed by atoms with Crippen LogP contribution in [0.25, 0.3) is 27.3 Å². The highest BCUT2D eigenvalue weighted by atomic mass is 35.5. The van der Waals surface area contributed by atoms with Crippen molar-refractivity contribution in [2.75, 3.05) is 0 Å². The number of benzene rings is 2. The molecule has 1 heterocycles. The minimum atomic E-state index is -0.538. The molecule has 0 aliphatic carbocycles. The Kier molecular flexibility index (Phi) is 3.28. The largest absolute Gasteiger partial charge is 0.328 e. The lowest BCUT2D eigenvalue weighted by atomic mass is 10.1. The summed E-state index contributed by atoms with van der Waals surface area (Å²) < 4.78 is 1.77. The molecular formula is C15H9ClN4O2. The van der Waals surface area contributed by atoms with Crippen LogP contribution >= 0.6 is 11.6 Å². The number of nitrogens with zero attached hydrogens (tertiary/aromatic N) is 4. The Balaban J connectivity index is 2.34. The number of hydrogen-bond donors (Lipinski definition) is 0. The van der Waals surface area contributed by atoms with Crippen LogP contribution in [0.1, 0.15) is 0 Å². The standard InChI is InChI=1S/C15H9ClN4O2/c1-17-10-6-4-3-5-9(10)15-18-14-12(19(15)2)8-7-11(13(14)16)20(21)22/h3-8H,2H3. The number of nitro groups is 1. The number of aryl methyl sites for hydroxylation is 1. The molecule has 7 heteroatoms. The number of para-hydroxylation sites is 1. The van der Waals surface area contributed by atoms with Crippen molar-refractivity contribution in [3.8, 4) is 11.4 Å². The number of fused-ring (bicyclic) bond motifs is 1. The van der Waals surface area contributed by atoms with E-state index in [4.69, 9.17) is 18.2 Å². The van der Waals surface area contributed by atoms with Gasteiger partial charge in [-0.1, -0.05) is 35.9 Å². The lowest BCUT2D eigenvalue weighted by molar-refractivity contribution is -0.384. The van der Waals surface area contributed by atoms with E-state index in [2.05, 4.69) is 9.83 Å². The minimum Gasteiger partial charge on any atom is -0.328 e. The summed E-state index contributed by atoms with van der Waals surface area (Å²) in [4.78, 5) is 18.3. The van der Waals surface area contributed by atoms with Crippen molar-refractivity contribution in [3.05, 3.63) is 63.0 Å². The normalized spacial score (nSPS) is 10.6. The first-order valence-corrected chi connectivity index (χ1v) is 6.68. The van der Waals surface area contributed by atoms with Gasteiger partial charge in [0.2, 0.25) is 0 Å². The van der Waals surface area contributed by atoms with E-state index in [1.807, 2.05) is 6.07 Å². The highest BCUT2D eigenvalue weighted by Gasteiger charge is 2.21. The average Bonchev–Trinajstić information content (AvgIpc) is 2.85. The van der Waals surface area contributed by atoms with Gasteiger partial charge in [-0.2, -0.15) is 0 Å². The lowest BCUT2D eigenvalue weighted by Crippen LogP contribution is -1.93. The minimum absolute atomic E-state index is 0.00430. The van der Waals surface area contributed by atoms with E-state index in [-0.39, 0.29) is 10.7 Å². The molecule has 0 saturated carbocycles. The van der Waals surface area contributed by atoms with Gasteiger partial charge in [0.15, 0.2) is 5.69 Å². The summed E-state index contributed by atoms with van der Waals surface area (Å²) in [5, 5.41) is 11.0. The molecule has 6 nitrogen and oxygen atoms in total. The number of rotatable bonds is 2. The number of hydrogen-bond acceptors (Lipinski definition) is 3. The summed E-state index contributed by atoms with van der Waals surface area (Å²) in [6.45, 7) is 7.24. The van der Waals surface area contributed by atoms with Crippen molar-refractivity contribution in [1.82, 2.24) is 9.55 Å². The lowest BCUT2D eigenvalue weighted by Gasteiger charge is -2.04. The zero-order valence-corrected chi connectivity index (χ0v) is 12.2. The van der Waals surface area contributed by atoms with Crippen LogP contribution in [-0.4, -0.2) is 14.5 Å². The van der Waals surface area contributed by atoms with Gasteiger partial charge < -0.3 is 4.57 Å². The first-order chi connectivity index (χ1) is 10.5. The molecule has 0 saturated heterocycles. The zero-order chi connectivity index (χ0) is 15.9. The second-order valence-electron chi connectivity index (χ2n) is 4.65. The van der Waals surface area contributed by atoms with Crippen LogP contribution in [0.15, 0.2) is 36.4 Å². The molecule has 0 amide bonds. The molecule has 0 N–H and O–H groups in total. The molecule has 0 radical (unpaired) electrons. The predicted octanol–water partition coefficient (Wildman–Crippen LogP) is 4.35. The molecular weight excluding hydrogens is 304 g/mol. The fourth-order valence-electron chi connectivity index (χ4n) is 2.36. The number of aromatic nitrogens is 2. The van der Waals surface area contributed by atoms with Crippen molar-refractivity contribution >= 4 is 34.0 Å². The maximum Gasteiger partial charge on any atom is 0.290 e. The molecule has 0 unspecified atom stereocenters. The molecule has 0 spiro atoms. The van der Waals surface area contributed by atoms with Gasteiger partial charge in [0, 0.05) is 18.7 Å². The number of nitro benzene ring substituents is 1. The second kappa shape index (κ2) is 5.13. The quantitative estimate of drug-likeness (QED) is 0.401. The number of imidazole rings is 1. The Bertz CT molecular complexity index is 956. The SMILES string of the molecule is [C-]#[N+]c1ccccc1-c1nc2c(Cl)c([N+](=O)[O-])ccc2n1C. The Hall–Kier alpha value is -2.91. The molecule has 1 aromatic heterocycles. The number of halogens is 1. The first kappa shape index (κ1) is 14.0. The molecule has 2 aromatic carbocycles. The summed E-state index contributed by atoms with van der Waals surface area (Å²) >= 11 is 6.11. The highest BCUT2D eigenvalue weighted by Crippen LogP contribution is 2.36. The topological polar surface area (TPSA) is 65.3 Å². The van der Waals surface area contributed by atoms with Gasteiger partial charge in [-0.25, -0.2) is 9.83 Å². The molecule has 3 rings (SSSR count). The van der Waals surface area contributed by atoms with Gasteiger partial charge in [-0.3, -0.25) is 10.1 Å². The van der Waals surface area contributed by atoms with E-state index < -0.39 is 4.92 Å². The third kappa shape index (κ3) is 2.00. The molecule has 0 aliphatic rings. The summed E-state index contributed by atoms with van der Waals surface area (Å²) in [5.74, 6) is 0.545. The van der Waals surface area contributed by atoms with E-state index in [0.717, 1.165) is 0 Å². The summed E-state index contributed by atoms with van der Waals surface area (Å²) in [5.41, 5.74) is 1.97. The van der Waals surface area contributed by atoms with Crippen LogP contribution < -0.4 is 0 Å². The molecule has 0 aliphatic heterocycles. The van der Waals surface area contributed by atoms with E-state index in [9.17, 15) is 10.1 Å². The molecule has 0 atom stereocenters. The van der Waals surface area contributed by atoms with Crippen LogP contribution in [0.2, 0.25) is 5.02 Å². The van der Waals surface area contributed by atoms with Crippen LogP contribution in [0.4, 0.5) is 11.4 Å². The van der Waals surface area contributed by atoms with Crippen molar-refractivity contribution in [2.24, 2.45) is 7.05 Å². The monoisotopic (exact) mass is 312 g/mol. The van der Waals surface area contributed by atoms with Gasteiger partial charge in [0.25, 0.3) is 5.69 Å². The van der Waals surface area contributed by atoms with Gasteiger partial charge in [-0.15, -0.1) is 0 Å². The Labute approximate surface area is 130 Å². The molecule has 0 fully saturated rings. The predicted molar refractivity (Wildman–Crippen MR) is 84.1 cm³/mol. The molecule has 22 heavy (non-hydrogen) atoms. The van der Waals surface area contributed by atoms with Crippen LogP contribution in [0, 0.1) is 16.7 Å². The molecule has 108 valence electrons. The Morgan fingerprint density at radius 1 is 1.32 bits per heavy atom. The van der Waals surface area contributed by atoms with Crippen molar-refractivity contribution in [3.63, 3.8) is 0 Å². The van der Waals surface area contributed by atoms with Gasteiger partial charge in [-0.05, 0) is 6.07 Å². The third-order valence-corrected chi connectivity index (χ3v) is 3.81. The van der Waals surface area contributed by atoms with E-state index >= 15 is 0 Å². The molecule has 3 aromatic rings. The summed E-state index contributed by atoms with van der Waals surface area (Å²) in [6, 6.07) is 10.0. The second-order valence-corrected chi connectivity index (χ2v) is 5.02. The fraction of sp³-hybridized carbons (Fsp3) is 0.0667. The maximum atomic E-state index is 11.0. The van der Waals surface area contributed by atoms with Crippen molar-refractivity contribution in [1.29, 1.82) is 0 Å². The fourth-order valence-corrected chi connectivity index (χ4v) is 2.63. The van der Waals surface area contributed by atoms with Gasteiger partial charge in [0.1, 0.15) is 16.4 Å². The van der Waals surface area contributed by atoms with Crippen molar-refractivity contribution < 1.29 is 4.92 Å². The third-order valence-electron chi connectivity index (χ3n) is 3.43. The molecule has 0 bridgehead atoms. The first-order valence-electron chi connectivity index (χ1n) is 6.30. The maximum absolute atomic E-state index is 11.0. The Morgan fingerprint density at radius 2 is 2.05 bits per heavy atom. The van der Waals surface area contributed by atoms with Gasteiger partial charge in [0.05, 0.1) is 17.0 Å². The van der Waals surface area contributed by atoms with Crippen LogP contribution in [-0.2, 0) is 7.05 Å². The van der Waals surface area contributed by atoms with Crippen LogP contribution in [0.3, 0.4) is 0 Å². The smallest absolute Gasteiger partial charge is 0.290 e. The van der Waals surface area contributed by atoms with Crippen LogP contribution in [0.5, 0.6) is 0 Å². The van der Waals surface area contributed by atoms with E-state index in [0.29, 0.717) is 28.1 Å². The average molecular weight is 313 g/mol. The summed E-state index contributed by atoms with van der Waals surface area (Å²) in [6.07, 6.45) is 0. The Morgan fingerprint density at radius 3 is 2.73 bits per heavy atom. The zero-order valence-electron chi connectivity index (χ0n) is 11.4. The van der Waals surface area contributed by atoms with E-state index in [1.54, 1.807) is 35.9 Å². The van der Waals surface area contributed by atoms with E-state index in [1.165, 1.54) is 6.07 Å².